The highest BCUT2D eigenvalue weighted by molar-refractivity contribution is 5.12. The minimum absolute atomic E-state index is 0.150. The summed E-state index contributed by atoms with van der Waals surface area (Å²) in [4.78, 5) is 0. The van der Waals surface area contributed by atoms with E-state index in [1.807, 2.05) is 6.07 Å². The summed E-state index contributed by atoms with van der Waals surface area (Å²) in [7, 11) is 0. The van der Waals surface area contributed by atoms with Gasteiger partial charge in [0.2, 0.25) is 0 Å². The van der Waals surface area contributed by atoms with Gasteiger partial charge < -0.3 is 5.32 Å². The molecular weight excluding hydrogens is 200 g/mol. The predicted molar refractivity (Wildman–Crippen MR) is 63.1 cm³/mol. The Bertz CT molecular complexity index is 343. The molecule has 0 spiro atoms. The zero-order chi connectivity index (χ0) is 11.8. The largest absolute Gasteiger partial charge is 0.307 e. The number of aromatic nitrogens is 3. The van der Waals surface area contributed by atoms with E-state index < -0.39 is 0 Å². The Morgan fingerprint density at radius 3 is 2.31 bits per heavy atom. The van der Waals surface area contributed by atoms with Crippen molar-refractivity contribution in [1.82, 2.24) is 20.7 Å². The normalized spacial score (nSPS) is 24.2. The van der Waals surface area contributed by atoms with E-state index in [4.69, 9.17) is 0 Å². The topological polar surface area (TPSA) is 50.7 Å². The van der Waals surface area contributed by atoms with Gasteiger partial charge in [-0.3, -0.25) is 0 Å². The molecule has 1 aromatic heterocycles. The van der Waals surface area contributed by atoms with Crippen LogP contribution in [0.5, 0.6) is 0 Å². The molecule has 1 fully saturated rings. The minimum atomic E-state index is 0.150. The molecule has 0 atom stereocenters. The molecular formula is C12H20N4. The molecule has 0 unspecified atom stereocenters. The van der Waals surface area contributed by atoms with Crippen LogP contribution in [-0.4, -0.2) is 26.5 Å². The second-order valence-electron chi connectivity index (χ2n) is 6.04. The van der Waals surface area contributed by atoms with E-state index in [0.717, 1.165) is 18.5 Å². The third-order valence-electron chi connectivity index (χ3n) is 3.13. The molecule has 2 heterocycles. The standard InChI is InChI=1S/C12H20N4/c1-11(2)7-9(8-12(3,4)15-11)10-5-6-13-16-14-10/h5-6,9,15H,7-8H2,1-4H3. The number of hydrogen-bond acceptors (Lipinski definition) is 4. The van der Waals surface area contributed by atoms with E-state index in [1.54, 1.807) is 6.20 Å². The highest BCUT2D eigenvalue weighted by Crippen LogP contribution is 2.37. The van der Waals surface area contributed by atoms with Gasteiger partial charge in [0.1, 0.15) is 0 Å². The van der Waals surface area contributed by atoms with Gasteiger partial charge in [0.15, 0.2) is 0 Å². The third kappa shape index (κ3) is 2.55. The minimum Gasteiger partial charge on any atom is -0.307 e. The predicted octanol–water partition coefficient (Wildman–Crippen LogP) is 1.90. The maximum Gasteiger partial charge on any atom is 0.0697 e. The molecule has 4 nitrogen and oxygen atoms in total. The van der Waals surface area contributed by atoms with Crippen LogP contribution < -0.4 is 5.32 Å². The van der Waals surface area contributed by atoms with E-state index in [2.05, 4.69) is 48.4 Å². The zero-order valence-electron chi connectivity index (χ0n) is 10.5. The monoisotopic (exact) mass is 220 g/mol. The Morgan fingerprint density at radius 2 is 1.81 bits per heavy atom. The van der Waals surface area contributed by atoms with Crippen molar-refractivity contribution < 1.29 is 0 Å². The molecule has 0 aliphatic carbocycles. The van der Waals surface area contributed by atoms with Gasteiger partial charge in [-0.15, -0.1) is 10.2 Å². The Morgan fingerprint density at radius 1 is 1.19 bits per heavy atom. The second kappa shape index (κ2) is 3.77. The van der Waals surface area contributed by atoms with Crippen molar-refractivity contribution in [2.75, 3.05) is 0 Å². The van der Waals surface area contributed by atoms with Crippen LogP contribution in [0.4, 0.5) is 0 Å². The summed E-state index contributed by atoms with van der Waals surface area (Å²) in [5.74, 6) is 0.474. The molecule has 0 bridgehead atoms. The average molecular weight is 220 g/mol. The smallest absolute Gasteiger partial charge is 0.0697 e. The number of piperidine rings is 1. The molecule has 4 heteroatoms. The Balaban J connectivity index is 2.23. The van der Waals surface area contributed by atoms with E-state index in [1.165, 1.54) is 0 Å². The maximum atomic E-state index is 4.14. The highest BCUT2D eigenvalue weighted by atomic mass is 15.3. The fraction of sp³-hybridized carbons (Fsp3) is 0.750. The lowest BCUT2D eigenvalue weighted by molar-refractivity contribution is 0.159. The van der Waals surface area contributed by atoms with E-state index in [0.29, 0.717) is 5.92 Å². The fourth-order valence-electron chi connectivity index (χ4n) is 3.00. The SMILES string of the molecule is CC1(C)CC(c2ccnnn2)CC(C)(C)N1. The lowest BCUT2D eigenvalue weighted by Gasteiger charge is -2.46. The lowest BCUT2D eigenvalue weighted by Crippen LogP contribution is -2.57. The van der Waals surface area contributed by atoms with E-state index >= 15 is 0 Å². The summed E-state index contributed by atoms with van der Waals surface area (Å²) in [5, 5.41) is 15.3. The number of nitrogens with one attached hydrogen (secondary N) is 1. The van der Waals surface area contributed by atoms with Crippen LogP contribution in [0.15, 0.2) is 12.3 Å². The van der Waals surface area contributed by atoms with Crippen LogP contribution >= 0.6 is 0 Å². The summed E-state index contributed by atoms with van der Waals surface area (Å²) in [6, 6.07) is 1.98. The van der Waals surface area contributed by atoms with Crippen molar-refractivity contribution in [3.63, 3.8) is 0 Å². The Hall–Kier alpha value is -1.03. The Labute approximate surface area is 96.9 Å². The van der Waals surface area contributed by atoms with Crippen molar-refractivity contribution in [1.29, 1.82) is 0 Å². The summed E-state index contributed by atoms with van der Waals surface area (Å²) in [6.07, 6.45) is 3.91. The molecule has 88 valence electrons. The maximum absolute atomic E-state index is 4.14. The van der Waals surface area contributed by atoms with Crippen molar-refractivity contribution in [3.8, 4) is 0 Å². The highest BCUT2D eigenvalue weighted by Gasteiger charge is 2.38. The van der Waals surface area contributed by atoms with Gasteiger partial charge in [-0.1, -0.05) is 0 Å². The molecule has 1 aromatic rings. The third-order valence-corrected chi connectivity index (χ3v) is 3.13. The van der Waals surface area contributed by atoms with Gasteiger partial charge in [0.25, 0.3) is 0 Å². The average Bonchev–Trinajstić information content (AvgIpc) is 2.14. The van der Waals surface area contributed by atoms with Gasteiger partial charge in [-0.25, -0.2) is 0 Å². The van der Waals surface area contributed by atoms with Crippen LogP contribution in [-0.2, 0) is 0 Å². The van der Waals surface area contributed by atoms with Crippen LogP contribution in [0, 0.1) is 0 Å². The van der Waals surface area contributed by atoms with Gasteiger partial charge in [0.05, 0.1) is 11.9 Å². The van der Waals surface area contributed by atoms with Crippen LogP contribution in [0.2, 0.25) is 0 Å². The first-order valence-electron chi connectivity index (χ1n) is 5.82. The zero-order valence-corrected chi connectivity index (χ0v) is 10.5. The van der Waals surface area contributed by atoms with Crippen molar-refractivity contribution >= 4 is 0 Å². The second-order valence-corrected chi connectivity index (χ2v) is 6.04. The van der Waals surface area contributed by atoms with Gasteiger partial charge in [0, 0.05) is 17.0 Å². The van der Waals surface area contributed by atoms with Crippen molar-refractivity contribution in [2.45, 2.75) is 57.5 Å². The van der Waals surface area contributed by atoms with E-state index in [-0.39, 0.29) is 11.1 Å². The number of rotatable bonds is 1. The molecule has 0 aromatic carbocycles. The molecule has 0 amide bonds. The van der Waals surface area contributed by atoms with Crippen molar-refractivity contribution in [3.05, 3.63) is 18.0 Å². The summed E-state index contributed by atoms with van der Waals surface area (Å²) in [6.45, 7) is 8.98. The first-order chi connectivity index (χ1) is 7.38. The molecule has 0 radical (unpaired) electrons. The molecule has 0 saturated carbocycles. The number of nitrogens with zero attached hydrogens (tertiary/aromatic N) is 3. The quantitative estimate of drug-likeness (QED) is 0.785. The molecule has 1 saturated heterocycles. The molecule has 1 aliphatic heterocycles. The van der Waals surface area contributed by atoms with Crippen molar-refractivity contribution in [2.24, 2.45) is 0 Å². The molecule has 16 heavy (non-hydrogen) atoms. The van der Waals surface area contributed by atoms with E-state index in [9.17, 15) is 0 Å². The summed E-state index contributed by atoms with van der Waals surface area (Å²) >= 11 is 0. The van der Waals surface area contributed by atoms with Crippen LogP contribution in [0.25, 0.3) is 0 Å². The first-order valence-corrected chi connectivity index (χ1v) is 5.82. The number of hydrogen-bond donors (Lipinski definition) is 1. The van der Waals surface area contributed by atoms with Crippen LogP contribution in [0.3, 0.4) is 0 Å². The fourth-order valence-corrected chi connectivity index (χ4v) is 3.00. The molecule has 1 aliphatic rings. The van der Waals surface area contributed by atoms with Gasteiger partial charge in [-0.2, -0.15) is 0 Å². The molecule has 1 N–H and O–H groups in total. The lowest BCUT2D eigenvalue weighted by atomic mass is 9.75. The first kappa shape index (κ1) is 11.5. The van der Waals surface area contributed by atoms with Gasteiger partial charge >= 0.3 is 0 Å². The summed E-state index contributed by atoms with van der Waals surface area (Å²) in [5.41, 5.74) is 1.37. The Kier molecular flexibility index (Phi) is 2.70. The van der Waals surface area contributed by atoms with Crippen LogP contribution in [0.1, 0.15) is 52.1 Å². The summed E-state index contributed by atoms with van der Waals surface area (Å²) < 4.78 is 0. The molecule has 2 rings (SSSR count). The van der Waals surface area contributed by atoms with Gasteiger partial charge in [-0.05, 0) is 51.8 Å².